The van der Waals surface area contributed by atoms with Crippen molar-refractivity contribution in [2.45, 2.75) is 78.8 Å². The van der Waals surface area contributed by atoms with Crippen molar-refractivity contribution in [2.24, 2.45) is 13.0 Å². The van der Waals surface area contributed by atoms with Gasteiger partial charge in [0.25, 0.3) is 5.56 Å². The largest absolute Gasteiger partial charge is 0.332 e. The van der Waals surface area contributed by atoms with Crippen molar-refractivity contribution in [3.8, 4) is 0 Å². The quantitative estimate of drug-likeness (QED) is 0.446. The van der Waals surface area contributed by atoms with Crippen molar-refractivity contribution in [1.82, 2.24) is 18.7 Å². The first kappa shape index (κ1) is 23.3. The Balaban J connectivity index is 1.72. The summed E-state index contributed by atoms with van der Waals surface area (Å²) in [6.45, 7) is 8.56. The number of hydrogen-bond acceptors (Lipinski definition) is 4. The fourth-order valence-corrected chi connectivity index (χ4v) is 4.88. The molecule has 4 rings (SSSR count). The minimum absolute atomic E-state index is 0.212. The maximum Gasteiger partial charge on any atom is 0.332 e. The van der Waals surface area contributed by atoms with Crippen molar-refractivity contribution in [1.29, 1.82) is 0 Å². The van der Waals surface area contributed by atoms with E-state index in [1.807, 2.05) is 4.57 Å². The first-order chi connectivity index (χ1) is 16.0. The van der Waals surface area contributed by atoms with Gasteiger partial charge in [-0.05, 0) is 36.5 Å². The fourth-order valence-electron chi connectivity index (χ4n) is 4.88. The van der Waals surface area contributed by atoms with Gasteiger partial charge in [-0.15, -0.1) is 0 Å². The molecule has 0 amide bonds. The zero-order chi connectivity index (χ0) is 23.5. The van der Waals surface area contributed by atoms with E-state index in [9.17, 15) is 9.59 Å². The highest BCUT2D eigenvalue weighted by molar-refractivity contribution is 5.77. The number of hydrogen-bond donors (Lipinski definition) is 0. The SMILES string of the molecule is CCCCCCCCn1c(=O)c2c(nc3n2C[C@H](C)CN3c2ccc(CC)cc2)n(C)c1=O. The van der Waals surface area contributed by atoms with Gasteiger partial charge in [0.15, 0.2) is 11.2 Å². The Morgan fingerprint density at radius 1 is 0.970 bits per heavy atom. The van der Waals surface area contributed by atoms with E-state index in [2.05, 4.69) is 49.9 Å². The number of benzene rings is 1. The van der Waals surface area contributed by atoms with E-state index < -0.39 is 0 Å². The van der Waals surface area contributed by atoms with Crippen LogP contribution in [0.4, 0.5) is 11.6 Å². The lowest BCUT2D eigenvalue weighted by molar-refractivity contribution is 0.457. The first-order valence-electron chi connectivity index (χ1n) is 12.5. The standard InChI is InChI=1S/C26H37N5O2/c1-5-7-8-9-10-11-16-29-24(32)22-23(28(4)26(29)33)27-25-30(17-19(3)18-31(22)25)21-14-12-20(6-2)13-15-21/h12-15,19H,5-11,16-18H2,1-4H3/t19-/m1/s1. The second-order valence-electron chi connectivity index (χ2n) is 9.50. The molecule has 1 atom stereocenters. The third kappa shape index (κ3) is 4.50. The van der Waals surface area contributed by atoms with Crippen molar-refractivity contribution >= 4 is 22.8 Å². The van der Waals surface area contributed by atoms with Gasteiger partial charge in [-0.1, -0.05) is 65.0 Å². The normalized spacial score (nSPS) is 15.9. The molecule has 3 heterocycles. The molecule has 1 aliphatic heterocycles. The Morgan fingerprint density at radius 3 is 2.36 bits per heavy atom. The van der Waals surface area contributed by atoms with Gasteiger partial charge in [-0.25, -0.2) is 4.79 Å². The molecular formula is C26H37N5O2. The Labute approximate surface area is 195 Å². The summed E-state index contributed by atoms with van der Waals surface area (Å²) in [5, 5.41) is 0. The summed E-state index contributed by atoms with van der Waals surface area (Å²) in [5.41, 5.74) is 2.88. The summed E-state index contributed by atoms with van der Waals surface area (Å²) in [5.74, 6) is 1.10. The third-order valence-corrected chi connectivity index (χ3v) is 6.83. The predicted octanol–water partition coefficient (Wildman–Crippen LogP) is 4.61. The lowest BCUT2D eigenvalue weighted by Crippen LogP contribution is -2.40. The number of unbranched alkanes of at least 4 members (excludes halogenated alkanes) is 5. The lowest BCUT2D eigenvalue weighted by Gasteiger charge is -2.33. The Kier molecular flexibility index (Phi) is 7.05. The van der Waals surface area contributed by atoms with E-state index >= 15 is 0 Å². The number of rotatable bonds is 9. The summed E-state index contributed by atoms with van der Waals surface area (Å²) in [4.78, 5) is 33.5. The second-order valence-corrected chi connectivity index (χ2v) is 9.50. The Bertz CT molecular complexity index is 1220. The molecule has 7 nitrogen and oxygen atoms in total. The fraction of sp³-hybridized carbons (Fsp3) is 0.577. The average molecular weight is 452 g/mol. The summed E-state index contributed by atoms with van der Waals surface area (Å²) in [7, 11) is 1.73. The van der Waals surface area contributed by atoms with Crippen LogP contribution in [0.25, 0.3) is 11.2 Å². The van der Waals surface area contributed by atoms with E-state index in [-0.39, 0.29) is 11.2 Å². The van der Waals surface area contributed by atoms with Gasteiger partial charge in [0.1, 0.15) is 0 Å². The number of nitrogens with zero attached hydrogens (tertiary/aromatic N) is 5. The summed E-state index contributed by atoms with van der Waals surface area (Å²) in [6, 6.07) is 8.53. The van der Waals surface area contributed by atoms with E-state index in [0.29, 0.717) is 23.6 Å². The minimum Gasteiger partial charge on any atom is -0.312 e. The molecule has 178 valence electrons. The van der Waals surface area contributed by atoms with E-state index in [0.717, 1.165) is 50.4 Å². The number of aromatic nitrogens is 4. The molecule has 0 aliphatic carbocycles. The van der Waals surface area contributed by atoms with Gasteiger partial charge in [-0.3, -0.25) is 13.9 Å². The van der Waals surface area contributed by atoms with Crippen LogP contribution in [0.3, 0.4) is 0 Å². The molecule has 0 spiro atoms. The highest BCUT2D eigenvalue weighted by Crippen LogP contribution is 2.32. The molecule has 0 unspecified atom stereocenters. The van der Waals surface area contributed by atoms with Crippen LogP contribution in [0, 0.1) is 5.92 Å². The van der Waals surface area contributed by atoms with Gasteiger partial charge in [0, 0.05) is 32.4 Å². The van der Waals surface area contributed by atoms with Crippen LogP contribution in [0.1, 0.15) is 64.9 Å². The van der Waals surface area contributed by atoms with Crippen LogP contribution in [0.5, 0.6) is 0 Å². The maximum absolute atomic E-state index is 13.5. The van der Waals surface area contributed by atoms with E-state index in [1.54, 1.807) is 11.6 Å². The van der Waals surface area contributed by atoms with Gasteiger partial charge in [-0.2, -0.15) is 4.98 Å². The molecule has 0 radical (unpaired) electrons. The average Bonchev–Trinajstić information content (AvgIpc) is 3.21. The van der Waals surface area contributed by atoms with Gasteiger partial charge in [0.2, 0.25) is 5.95 Å². The second kappa shape index (κ2) is 9.98. The zero-order valence-electron chi connectivity index (χ0n) is 20.5. The molecule has 0 fully saturated rings. The summed E-state index contributed by atoms with van der Waals surface area (Å²) >= 11 is 0. The Hall–Kier alpha value is -2.83. The number of aryl methyl sites for hydroxylation is 2. The molecular weight excluding hydrogens is 414 g/mol. The molecule has 0 saturated heterocycles. The van der Waals surface area contributed by atoms with Crippen LogP contribution in [0.2, 0.25) is 0 Å². The van der Waals surface area contributed by atoms with Crippen molar-refractivity contribution in [3.05, 3.63) is 50.7 Å². The molecule has 33 heavy (non-hydrogen) atoms. The molecule has 1 aromatic carbocycles. The smallest absolute Gasteiger partial charge is 0.312 e. The molecule has 3 aromatic rings. The van der Waals surface area contributed by atoms with Crippen molar-refractivity contribution < 1.29 is 0 Å². The number of imidazole rings is 1. The van der Waals surface area contributed by atoms with Crippen LogP contribution >= 0.6 is 0 Å². The molecule has 1 aliphatic rings. The minimum atomic E-state index is -0.275. The number of anilines is 2. The highest BCUT2D eigenvalue weighted by atomic mass is 16.2. The van der Waals surface area contributed by atoms with Gasteiger partial charge in [0.05, 0.1) is 0 Å². The molecule has 2 aromatic heterocycles. The van der Waals surface area contributed by atoms with Crippen LogP contribution in [-0.2, 0) is 26.6 Å². The number of fused-ring (bicyclic) bond motifs is 3. The van der Waals surface area contributed by atoms with Gasteiger partial charge < -0.3 is 9.47 Å². The molecule has 0 N–H and O–H groups in total. The highest BCUT2D eigenvalue weighted by Gasteiger charge is 2.29. The topological polar surface area (TPSA) is 65.1 Å². The lowest BCUT2D eigenvalue weighted by atomic mass is 10.1. The van der Waals surface area contributed by atoms with Crippen LogP contribution in [0.15, 0.2) is 33.9 Å². The van der Waals surface area contributed by atoms with Crippen LogP contribution < -0.4 is 16.1 Å². The van der Waals surface area contributed by atoms with E-state index in [4.69, 9.17) is 4.98 Å². The summed E-state index contributed by atoms with van der Waals surface area (Å²) < 4.78 is 4.98. The van der Waals surface area contributed by atoms with E-state index in [1.165, 1.54) is 29.4 Å². The van der Waals surface area contributed by atoms with Crippen LogP contribution in [-0.4, -0.2) is 25.2 Å². The van der Waals surface area contributed by atoms with Crippen molar-refractivity contribution in [2.75, 3.05) is 11.4 Å². The van der Waals surface area contributed by atoms with Crippen molar-refractivity contribution in [3.63, 3.8) is 0 Å². The summed E-state index contributed by atoms with van der Waals surface area (Å²) in [6.07, 6.45) is 7.69. The maximum atomic E-state index is 13.5. The molecule has 7 heteroatoms. The zero-order valence-corrected chi connectivity index (χ0v) is 20.5. The predicted molar refractivity (Wildman–Crippen MR) is 135 cm³/mol. The third-order valence-electron chi connectivity index (χ3n) is 6.83. The molecule has 0 bridgehead atoms. The Morgan fingerprint density at radius 2 is 1.67 bits per heavy atom. The first-order valence-corrected chi connectivity index (χ1v) is 12.5. The monoisotopic (exact) mass is 451 g/mol. The van der Waals surface area contributed by atoms with Gasteiger partial charge >= 0.3 is 5.69 Å². The molecule has 0 saturated carbocycles.